The summed E-state index contributed by atoms with van der Waals surface area (Å²) in [5.41, 5.74) is 6.34. The van der Waals surface area contributed by atoms with Gasteiger partial charge in [0.15, 0.2) is 5.72 Å². The molecule has 2 aromatic carbocycles. The van der Waals surface area contributed by atoms with E-state index in [9.17, 15) is 0 Å². The molecule has 0 aromatic heterocycles. The van der Waals surface area contributed by atoms with Crippen LogP contribution in [0, 0.1) is 0 Å². The Morgan fingerprint density at radius 3 is 2.52 bits per heavy atom. The summed E-state index contributed by atoms with van der Waals surface area (Å²) in [7, 11) is 0. The zero-order chi connectivity index (χ0) is 15.3. The molecule has 3 nitrogen and oxygen atoms in total. The van der Waals surface area contributed by atoms with Crippen molar-refractivity contribution in [3.05, 3.63) is 65.7 Å². The maximum atomic E-state index is 6.54. The van der Waals surface area contributed by atoms with Gasteiger partial charge in [-0.25, -0.2) is 5.43 Å². The standard InChI is InChI=1S/C20H22N2O/c1-2-8-15(9-3-1)17-14-18-16-10-4-5-11-19(16)23-20(22(18)21-17)12-6-7-13-20/h1-5,8-11,17-18,21H,6-7,12-14H2/t17-,18-/m0/s1. The average molecular weight is 306 g/mol. The lowest BCUT2D eigenvalue weighted by Crippen LogP contribution is -2.57. The van der Waals surface area contributed by atoms with Crippen molar-refractivity contribution < 1.29 is 4.74 Å². The molecule has 23 heavy (non-hydrogen) atoms. The lowest BCUT2D eigenvalue weighted by atomic mass is 9.94. The Balaban J connectivity index is 1.57. The lowest BCUT2D eigenvalue weighted by Gasteiger charge is -2.46. The smallest absolute Gasteiger partial charge is 0.176 e. The molecule has 1 spiro atoms. The number of nitrogens with one attached hydrogen (secondary N) is 1. The van der Waals surface area contributed by atoms with E-state index in [1.807, 2.05) is 0 Å². The van der Waals surface area contributed by atoms with Crippen LogP contribution < -0.4 is 10.2 Å². The molecule has 1 saturated carbocycles. The van der Waals surface area contributed by atoms with Gasteiger partial charge >= 0.3 is 0 Å². The van der Waals surface area contributed by atoms with Crippen molar-refractivity contribution in [2.45, 2.75) is 49.9 Å². The van der Waals surface area contributed by atoms with E-state index in [-0.39, 0.29) is 5.72 Å². The number of benzene rings is 2. The topological polar surface area (TPSA) is 24.5 Å². The first-order valence-corrected chi connectivity index (χ1v) is 8.74. The van der Waals surface area contributed by atoms with Gasteiger partial charge in [0.1, 0.15) is 5.75 Å². The number of hydrogen-bond acceptors (Lipinski definition) is 3. The summed E-state index contributed by atoms with van der Waals surface area (Å²) >= 11 is 0. The Morgan fingerprint density at radius 2 is 1.70 bits per heavy atom. The minimum atomic E-state index is -0.150. The van der Waals surface area contributed by atoms with Gasteiger partial charge in [-0.2, -0.15) is 5.01 Å². The van der Waals surface area contributed by atoms with Crippen LogP contribution in [0.1, 0.15) is 55.3 Å². The third-order valence-corrected chi connectivity index (χ3v) is 5.67. The Kier molecular flexibility index (Phi) is 3.00. The van der Waals surface area contributed by atoms with Gasteiger partial charge in [-0.1, -0.05) is 48.5 Å². The summed E-state index contributed by atoms with van der Waals surface area (Å²) in [6.07, 6.45) is 5.84. The number of nitrogens with zero attached hydrogens (tertiary/aromatic N) is 1. The molecule has 1 N–H and O–H groups in total. The molecule has 3 aliphatic rings. The predicted molar refractivity (Wildman–Crippen MR) is 89.8 cm³/mol. The van der Waals surface area contributed by atoms with Gasteiger partial charge in [-0.05, 0) is 30.9 Å². The number of hydrazine groups is 1. The second-order valence-corrected chi connectivity index (χ2v) is 7.01. The molecule has 1 saturated heterocycles. The zero-order valence-corrected chi connectivity index (χ0v) is 13.2. The molecule has 0 bridgehead atoms. The SMILES string of the molecule is c1ccc([C@@H]2C[C@H]3c4ccccc4OC4(CCCC4)N3N2)cc1. The molecule has 0 radical (unpaired) electrons. The van der Waals surface area contributed by atoms with Crippen LogP contribution in [0.5, 0.6) is 5.75 Å². The minimum Gasteiger partial charge on any atom is -0.471 e. The highest BCUT2D eigenvalue weighted by atomic mass is 16.5. The van der Waals surface area contributed by atoms with E-state index < -0.39 is 0 Å². The van der Waals surface area contributed by atoms with Crippen molar-refractivity contribution >= 4 is 0 Å². The Hall–Kier alpha value is -1.84. The van der Waals surface area contributed by atoms with E-state index >= 15 is 0 Å². The highest BCUT2D eigenvalue weighted by molar-refractivity contribution is 5.40. The van der Waals surface area contributed by atoms with Crippen LogP contribution >= 0.6 is 0 Å². The number of fused-ring (bicyclic) bond motifs is 4. The molecule has 0 unspecified atom stereocenters. The first-order chi connectivity index (χ1) is 11.4. The van der Waals surface area contributed by atoms with Gasteiger partial charge in [-0.3, -0.25) is 0 Å². The van der Waals surface area contributed by atoms with Crippen molar-refractivity contribution in [1.82, 2.24) is 10.4 Å². The fourth-order valence-corrected chi connectivity index (χ4v) is 4.58. The first kappa shape index (κ1) is 13.6. The molecule has 2 aliphatic heterocycles. The van der Waals surface area contributed by atoms with E-state index in [0.717, 1.165) is 25.0 Å². The normalized spacial score (nSPS) is 28.3. The Bertz CT molecular complexity index is 709. The van der Waals surface area contributed by atoms with Crippen molar-refractivity contribution in [3.8, 4) is 5.75 Å². The molecule has 1 aliphatic carbocycles. The third kappa shape index (κ3) is 2.03. The van der Waals surface area contributed by atoms with Crippen LogP contribution in [0.3, 0.4) is 0 Å². The molecule has 2 atom stereocenters. The fourth-order valence-electron chi connectivity index (χ4n) is 4.58. The first-order valence-electron chi connectivity index (χ1n) is 8.74. The van der Waals surface area contributed by atoms with Gasteiger partial charge < -0.3 is 4.74 Å². The monoisotopic (exact) mass is 306 g/mol. The van der Waals surface area contributed by atoms with Crippen LogP contribution in [0.4, 0.5) is 0 Å². The highest BCUT2D eigenvalue weighted by Crippen LogP contribution is 2.52. The molecule has 2 aromatic rings. The van der Waals surface area contributed by atoms with Crippen molar-refractivity contribution in [2.75, 3.05) is 0 Å². The van der Waals surface area contributed by atoms with E-state index in [4.69, 9.17) is 4.74 Å². The van der Waals surface area contributed by atoms with E-state index in [1.165, 1.54) is 24.0 Å². The number of para-hydroxylation sites is 1. The fraction of sp³-hybridized carbons (Fsp3) is 0.400. The third-order valence-electron chi connectivity index (χ3n) is 5.67. The average Bonchev–Trinajstić information content (AvgIpc) is 3.24. The number of ether oxygens (including phenoxy) is 1. The van der Waals surface area contributed by atoms with Crippen LogP contribution in [0.15, 0.2) is 54.6 Å². The maximum Gasteiger partial charge on any atom is 0.176 e. The van der Waals surface area contributed by atoms with Gasteiger partial charge in [0, 0.05) is 24.4 Å². The van der Waals surface area contributed by atoms with Gasteiger partial charge in [0.25, 0.3) is 0 Å². The predicted octanol–water partition coefficient (Wildman–Crippen LogP) is 4.34. The van der Waals surface area contributed by atoms with Gasteiger partial charge in [0.05, 0.1) is 6.04 Å². The van der Waals surface area contributed by atoms with Crippen LogP contribution in [-0.4, -0.2) is 10.7 Å². The molecule has 3 heteroatoms. The highest BCUT2D eigenvalue weighted by Gasteiger charge is 2.53. The molecule has 0 amide bonds. The molecule has 118 valence electrons. The van der Waals surface area contributed by atoms with E-state index in [1.54, 1.807) is 0 Å². The Labute approximate surface area is 137 Å². The van der Waals surface area contributed by atoms with Crippen molar-refractivity contribution in [3.63, 3.8) is 0 Å². The molecular weight excluding hydrogens is 284 g/mol. The molecule has 2 fully saturated rings. The Morgan fingerprint density at radius 1 is 0.957 bits per heavy atom. The van der Waals surface area contributed by atoms with Crippen molar-refractivity contribution in [2.24, 2.45) is 0 Å². The largest absolute Gasteiger partial charge is 0.471 e. The van der Waals surface area contributed by atoms with Gasteiger partial charge in [-0.15, -0.1) is 0 Å². The summed E-state index contributed by atoms with van der Waals surface area (Å²) in [6.45, 7) is 0. The molecule has 2 heterocycles. The summed E-state index contributed by atoms with van der Waals surface area (Å²) in [6, 6.07) is 20.2. The molecule has 5 rings (SSSR count). The summed E-state index contributed by atoms with van der Waals surface area (Å²) in [4.78, 5) is 0. The molecular formula is C20H22N2O. The maximum absolute atomic E-state index is 6.54. The summed E-state index contributed by atoms with van der Waals surface area (Å²) < 4.78 is 6.54. The van der Waals surface area contributed by atoms with E-state index in [2.05, 4.69) is 65.0 Å². The van der Waals surface area contributed by atoms with Crippen molar-refractivity contribution in [1.29, 1.82) is 0 Å². The van der Waals surface area contributed by atoms with Crippen LogP contribution in [0.2, 0.25) is 0 Å². The quantitative estimate of drug-likeness (QED) is 0.848. The second kappa shape index (κ2) is 5.08. The minimum absolute atomic E-state index is 0.150. The summed E-state index contributed by atoms with van der Waals surface area (Å²) in [5.74, 6) is 1.09. The van der Waals surface area contributed by atoms with Crippen LogP contribution in [0.25, 0.3) is 0 Å². The summed E-state index contributed by atoms with van der Waals surface area (Å²) in [5, 5.41) is 2.44. The van der Waals surface area contributed by atoms with Crippen LogP contribution in [-0.2, 0) is 0 Å². The zero-order valence-electron chi connectivity index (χ0n) is 13.2. The number of rotatable bonds is 1. The lowest BCUT2D eigenvalue weighted by molar-refractivity contribution is -0.133. The second-order valence-electron chi connectivity index (χ2n) is 7.01. The van der Waals surface area contributed by atoms with Gasteiger partial charge in [0.2, 0.25) is 0 Å². The van der Waals surface area contributed by atoms with E-state index in [0.29, 0.717) is 12.1 Å². The number of hydrogen-bond donors (Lipinski definition) is 1.